The minimum absolute atomic E-state index is 0.0737. The number of nitrogens with one attached hydrogen (secondary N) is 1. The van der Waals surface area contributed by atoms with Crippen molar-refractivity contribution >= 4 is 17.6 Å². The van der Waals surface area contributed by atoms with Gasteiger partial charge in [-0.05, 0) is 26.8 Å². The summed E-state index contributed by atoms with van der Waals surface area (Å²) in [6.45, 7) is 5.15. The third-order valence-corrected chi connectivity index (χ3v) is 2.28. The Morgan fingerprint density at radius 1 is 1.43 bits per heavy atom. The minimum atomic E-state index is -0.736. The largest absolute Gasteiger partial charge is 0.479 e. The summed E-state index contributed by atoms with van der Waals surface area (Å²) in [7, 11) is 1.36. The monoisotopic (exact) mass is 291 g/mol. The lowest BCUT2D eigenvalue weighted by atomic mass is 10.1. The molecule has 1 N–H and O–H groups in total. The van der Waals surface area contributed by atoms with Crippen LogP contribution in [0.4, 0.5) is 10.5 Å². The fraction of sp³-hybridized carbons (Fsp3) is 0.429. The molecule has 1 rings (SSSR count). The molecule has 0 saturated heterocycles. The van der Waals surface area contributed by atoms with Gasteiger partial charge in [0.25, 0.3) is 0 Å². The van der Waals surface area contributed by atoms with Crippen molar-refractivity contribution in [2.75, 3.05) is 12.4 Å². The highest BCUT2D eigenvalue weighted by molar-refractivity contribution is 6.05. The standard InChI is InChI=1S/C14H17N3O4/c1-14(2,3)21-13(19)17-11-9(10(18)5-7-15)6-8-16-12(11)20-4/h6,8H,5H2,1-4H3,(H,17,19). The molecule has 1 aromatic rings. The highest BCUT2D eigenvalue weighted by atomic mass is 16.6. The summed E-state index contributed by atoms with van der Waals surface area (Å²) in [5, 5.41) is 11.1. The Balaban J connectivity index is 3.11. The van der Waals surface area contributed by atoms with E-state index < -0.39 is 17.5 Å². The molecule has 1 heterocycles. The maximum atomic E-state index is 11.9. The number of rotatable bonds is 4. The molecule has 0 aliphatic heterocycles. The molecule has 7 heteroatoms. The zero-order valence-corrected chi connectivity index (χ0v) is 12.4. The lowest BCUT2D eigenvalue weighted by Crippen LogP contribution is -2.28. The SMILES string of the molecule is COc1nccc(C(=O)CC#N)c1NC(=O)OC(C)(C)C. The van der Waals surface area contributed by atoms with Gasteiger partial charge in [0.2, 0.25) is 5.88 Å². The third kappa shape index (κ3) is 4.76. The van der Waals surface area contributed by atoms with Crippen molar-refractivity contribution in [2.24, 2.45) is 0 Å². The number of amides is 1. The van der Waals surface area contributed by atoms with Crippen molar-refractivity contribution in [1.82, 2.24) is 4.98 Å². The Labute approximate surface area is 122 Å². The molecule has 0 spiro atoms. The van der Waals surface area contributed by atoms with E-state index in [1.54, 1.807) is 26.8 Å². The van der Waals surface area contributed by atoms with Crippen LogP contribution < -0.4 is 10.1 Å². The van der Waals surface area contributed by atoms with Gasteiger partial charge in [0.1, 0.15) is 11.3 Å². The van der Waals surface area contributed by atoms with Crippen LogP contribution in [-0.2, 0) is 4.74 Å². The second-order valence-electron chi connectivity index (χ2n) is 5.13. The average Bonchev–Trinajstić information content (AvgIpc) is 2.36. The molecule has 0 bridgehead atoms. The molecule has 7 nitrogen and oxygen atoms in total. The van der Waals surface area contributed by atoms with Gasteiger partial charge in [0, 0.05) is 11.8 Å². The van der Waals surface area contributed by atoms with E-state index in [4.69, 9.17) is 14.7 Å². The summed E-state index contributed by atoms with van der Waals surface area (Å²) in [5.41, 5.74) is -0.445. The zero-order chi connectivity index (χ0) is 16.0. The van der Waals surface area contributed by atoms with Gasteiger partial charge >= 0.3 is 6.09 Å². The fourth-order valence-electron chi connectivity index (χ4n) is 1.52. The predicted molar refractivity (Wildman–Crippen MR) is 75.2 cm³/mol. The highest BCUT2D eigenvalue weighted by Gasteiger charge is 2.22. The molecule has 0 unspecified atom stereocenters. The highest BCUT2D eigenvalue weighted by Crippen LogP contribution is 2.27. The molecule has 0 aliphatic carbocycles. The van der Waals surface area contributed by atoms with Gasteiger partial charge in [0.15, 0.2) is 5.78 Å². The van der Waals surface area contributed by atoms with Gasteiger partial charge in [-0.3, -0.25) is 10.1 Å². The number of nitriles is 1. The van der Waals surface area contributed by atoms with Crippen LogP contribution in [0.5, 0.6) is 5.88 Å². The van der Waals surface area contributed by atoms with Crippen molar-refractivity contribution in [3.8, 4) is 11.9 Å². The number of hydrogen-bond acceptors (Lipinski definition) is 6. The van der Waals surface area contributed by atoms with Crippen molar-refractivity contribution in [3.63, 3.8) is 0 Å². The number of ether oxygens (including phenoxy) is 2. The third-order valence-electron chi connectivity index (χ3n) is 2.28. The molecule has 0 aromatic carbocycles. The summed E-state index contributed by atoms with van der Waals surface area (Å²) < 4.78 is 10.2. The number of methoxy groups -OCH3 is 1. The second-order valence-corrected chi connectivity index (χ2v) is 5.13. The molecule has 21 heavy (non-hydrogen) atoms. The number of Topliss-reactive ketones (excluding diaryl/α,β-unsaturated/α-hetero) is 1. The number of hydrogen-bond donors (Lipinski definition) is 1. The van der Waals surface area contributed by atoms with E-state index in [0.717, 1.165) is 0 Å². The second kappa shape index (κ2) is 6.70. The quantitative estimate of drug-likeness (QED) is 0.855. The Morgan fingerprint density at radius 3 is 2.62 bits per heavy atom. The summed E-state index contributed by atoms with van der Waals surface area (Å²) in [5.74, 6) is -0.367. The van der Waals surface area contributed by atoms with Gasteiger partial charge in [0.05, 0.1) is 19.6 Å². The Hall–Kier alpha value is -2.62. The summed E-state index contributed by atoms with van der Waals surface area (Å²) in [4.78, 5) is 27.7. The first-order valence-electron chi connectivity index (χ1n) is 6.21. The molecule has 0 fully saturated rings. The lowest BCUT2D eigenvalue weighted by Gasteiger charge is -2.20. The first kappa shape index (κ1) is 16.4. The number of ketones is 1. The average molecular weight is 291 g/mol. The van der Waals surface area contributed by atoms with Crippen LogP contribution in [0.15, 0.2) is 12.3 Å². The number of carbonyl (C=O) groups is 2. The smallest absolute Gasteiger partial charge is 0.412 e. The number of carbonyl (C=O) groups excluding carboxylic acids is 2. The van der Waals surface area contributed by atoms with Crippen LogP contribution in [0.3, 0.4) is 0 Å². The van der Waals surface area contributed by atoms with E-state index in [1.165, 1.54) is 19.4 Å². The Kier molecular flexibility index (Phi) is 5.24. The zero-order valence-electron chi connectivity index (χ0n) is 12.4. The molecule has 0 aliphatic rings. The van der Waals surface area contributed by atoms with Gasteiger partial charge in [-0.2, -0.15) is 5.26 Å². The van der Waals surface area contributed by atoms with Crippen molar-refractivity contribution in [3.05, 3.63) is 17.8 Å². The number of nitrogens with zero attached hydrogens (tertiary/aromatic N) is 2. The van der Waals surface area contributed by atoms with Gasteiger partial charge in [-0.25, -0.2) is 9.78 Å². The van der Waals surface area contributed by atoms with E-state index in [2.05, 4.69) is 10.3 Å². The van der Waals surface area contributed by atoms with E-state index in [-0.39, 0.29) is 23.6 Å². The maximum absolute atomic E-state index is 11.9. The lowest BCUT2D eigenvalue weighted by molar-refractivity contribution is 0.0635. The summed E-state index contributed by atoms with van der Waals surface area (Å²) in [6.07, 6.45) is 0.319. The molecular formula is C14H17N3O4. The topological polar surface area (TPSA) is 101 Å². The number of aromatic nitrogens is 1. The minimum Gasteiger partial charge on any atom is -0.479 e. The summed E-state index contributed by atoms with van der Waals surface area (Å²) >= 11 is 0. The predicted octanol–water partition coefficient (Wildman–Crippen LogP) is 2.53. The molecule has 0 saturated carbocycles. The van der Waals surface area contributed by atoms with Crippen LogP contribution in [0, 0.1) is 11.3 Å². The van der Waals surface area contributed by atoms with Gasteiger partial charge in [-0.1, -0.05) is 0 Å². The molecule has 1 aromatic heterocycles. The van der Waals surface area contributed by atoms with Crippen LogP contribution in [-0.4, -0.2) is 29.6 Å². The first-order chi connectivity index (χ1) is 9.78. The molecule has 0 atom stereocenters. The van der Waals surface area contributed by atoms with Crippen LogP contribution in [0.2, 0.25) is 0 Å². The van der Waals surface area contributed by atoms with Crippen LogP contribution >= 0.6 is 0 Å². The molecular weight excluding hydrogens is 274 g/mol. The fourth-order valence-corrected chi connectivity index (χ4v) is 1.52. The van der Waals surface area contributed by atoms with Crippen LogP contribution in [0.1, 0.15) is 37.6 Å². The van der Waals surface area contributed by atoms with Crippen molar-refractivity contribution in [1.29, 1.82) is 5.26 Å². The first-order valence-corrected chi connectivity index (χ1v) is 6.21. The molecule has 0 radical (unpaired) electrons. The van der Waals surface area contributed by atoms with Crippen molar-refractivity contribution in [2.45, 2.75) is 32.8 Å². The maximum Gasteiger partial charge on any atom is 0.412 e. The normalized spacial score (nSPS) is 10.4. The van der Waals surface area contributed by atoms with E-state index in [1.807, 2.05) is 0 Å². The van der Waals surface area contributed by atoms with Gasteiger partial charge < -0.3 is 9.47 Å². The Morgan fingerprint density at radius 2 is 2.10 bits per heavy atom. The van der Waals surface area contributed by atoms with E-state index in [0.29, 0.717) is 0 Å². The molecule has 1 amide bonds. The Bertz CT molecular complexity index is 585. The molecule has 112 valence electrons. The van der Waals surface area contributed by atoms with E-state index in [9.17, 15) is 9.59 Å². The van der Waals surface area contributed by atoms with Crippen LogP contribution in [0.25, 0.3) is 0 Å². The summed E-state index contributed by atoms with van der Waals surface area (Å²) in [6, 6.07) is 3.18. The van der Waals surface area contributed by atoms with Gasteiger partial charge in [-0.15, -0.1) is 0 Å². The van der Waals surface area contributed by atoms with Crippen molar-refractivity contribution < 1.29 is 19.1 Å². The van der Waals surface area contributed by atoms with E-state index >= 15 is 0 Å². The number of anilines is 1. The number of pyridine rings is 1.